The van der Waals surface area contributed by atoms with Gasteiger partial charge in [0.2, 0.25) is 0 Å². The fraction of sp³-hybridized carbons (Fsp3) is 0.192. The second-order valence-electron chi connectivity index (χ2n) is 16.8. The fourth-order valence-corrected chi connectivity index (χ4v) is 14.0. The highest BCUT2D eigenvalue weighted by atomic mass is 32.1. The van der Waals surface area contributed by atoms with E-state index in [1.165, 1.54) is 118 Å². The summed E-state index contributed by atoms with van der Waals surface area (Å²) in [4.78, 5) is 0. The van der Waals surface area contributed by atoms with Crippen LogP contribution in [0.5, 0.6) is 0 Å². The summed E-state index contributed by atoms with van der Waals surface area (Å²) < 4.78 is 2.73. The summed E-state index contributed by atoms with van der Waals surface area (Å²) in [6.45, 7) is 0. The molecule has 0 aliphatic heterocycles. The molecule has 4 fully saturated rings. The lowest BCUT2D eigenvalue weighted by atomic mass is 9.43. The molecule has 53 heavy (non-hydrogen) atoms. The molecule has 9 aromatic rings. The molecule has 0 saturated heterocycles. The molecule has 4 saturated carbocycles. The van der Waals surface area contributed by atoms with Crippen LogP contribution in [-0.2, 0) is 5.41 Å². The Balaban J connectivity index is 1.15. The molecule has 0 unspecified atom stereocenters. The van der Waals surface area contributed by atoms with Gasteiger partial charge in [0.15, 0.2) is 0 Å². The number of benzene rings is 8. The number of fused-ring (bicyclic) bond motifs is 9. The third-order valence-electron chi connectivity index (χ3n) is 14.4. The van der Waals surface area contributed by atoms with Crippen LogP contribution in [-0.4, -0.2) is 0 Å². The number of rotatable bonds is 2. The molecule has 5 aliphatic rings. The van der Waals surface area contributed by atoms with E-state index in [1.54, 1.807) is 11.1 Å². The third-order valence-corrected chi connectivity index (χ3v) is 15.6. The Labute approximate surface area is 313 Å². The first-order chi connectivity index (χ1) is 26.3. The molecule has 0 nitrogen and oxygen atoms in total. The lowest BCUT2D eigenvalue weighted by molar-refractivity contribution is -0.0398. The average molecular weight is 695 g/mol. The fourth-order valence-electron chi connectivity index (χ4n) is 12.8. The van der Waals surface area contributed by atoms with E-state index < -0.39 is 0 Å². The molecule has 4 bridgehead atoms. The van der Waals surface area contributed by atoms with Crippen molar-refractivity contribution in [3.05, 3.63) is 157 Å². The first-order valence-corrected chi connectivity index (χ1v) is 20.6. The molecular formula is C52H38S. The van der Waals surface area contributed by atoms with Gasteiger partial charge in [0.25, 0.3) is 0 Å². The van der Waals surface area contributed by atoms with Gasteiger partial charge in [-0.1, -0.05) is 127 Å². The monoisotopic (exact) mass is 694 g/mol. The van der Waals surface area contributed by atoms with Crippen molar-refractivity contribution in [3.8, 4) is 33.4 Å². The molecule has 1 aromatic heterocycles. The van der Waals surface area contributed by atoms with Crippen molar-refractivity contribution in [2.75, 3.05) is 0 Å². The van der Waals surface area contributed by atoms with Gasteiger partial charge in [0.05, 0.1) is 0 Å². The van der Waals surface area contributed by atoms with Crippen LogP contribution in [0.4, 0.5) is 0 Å². The minimum absolute atomic E-state index is 0.112. The van der Waals surface area contributed by atoms with Crippen LogP contribution in [0.25, 0.3) is 85.9 Å². The summed E-state index contributed by atoms with van der Waals surface area (Å²) in [6.07, 6.45) is 7.05. The first kappa shape index (κ1) is 29.2. The summed E-state index contributed by atoms with van der Waals surface area (Å²) >= 11 is 1.93. The highest BCUT2D eigenvalue weighted by molar-refractivity contribution is 7.26. The zero-order valence-corrected chi connectivity index (χ0v) is 30.4. The minimum Gasteiger partial charge on any atom is -0.135 e. The Hall–Kier alpha value is -5.24. The Morgan fingerprint density at radius 1 is 0.396 bits per heavy atom. The van der Waals surface area contributed by atoms with Crippen LogP contribution in [0.1, 0.15) is 43.2 Å². The minimum atomic E-state index is 0.112. The maximum absolute atomic E-state index is 2.64. The quantitative estimate of drug-likeness (QED) is 0.158. The Morgan fingerprint density at radius 3 is 1.60 bits per heavy atom. The largest absolute Gasteiger partial charge is 0.135 e. The molecule has 252 valence electrons. The molecule has 0 N–H and O–H groups in total. The second kappa shape index (κ2) is 10.5. The molecule has 1 heteroatoms. The van der Waals surface area contributed by atoms with Crippen molar-refractivity contribution in [1.82, 2.24) is 0 Å². The van der Waals surface area contributed by atoms with Crippen LogP contribution < -0.4 is 0 Å². The predicted octanol–water partition coefficient (Wildman–Crippen LogP) is 14.6. The molecule has 0 radical (unpaired) electrons. The molecule has 14 rings (SSSR count). The maximum atomic E-state index is 2.64. The SMILES string of the molecule is c1cc(-c2c3ccccc3c(-c3cccc4c3sc3ccccc34)c3ccccc23)c2c(c1)C1(c3cc4ccccc4cc3-2)C2CC3CC(C2)CC1C3. The van der Waals surface area contributed by atoms with E-state index in [9.17, 15) is 0 Å². The highest BCUT2D eigenvalue weighted by Gasteiger charge is 2.61. The zero-order valence-electron chi connectivity index (χ0n) is 29.6. The van der Waals surface area contributed by atoms with Gasteiger partial charge >= 0.3 is 0 Å². The Kier molecular flexibility index (Phi) is 5.77. The van der Waals surface area contributed by atoms with Gasteiger partial charge in [-0.3, -0.25) is 0 Å². The van der Waals surface area contributed by atoms with E-state index in [2.05, 4.69) is 146 Å². The average Bonchev–Trinajstić information content (AvgIpc) is 3.72. The summed E-state index contributed by atoms with van der Waals surface area (Å²) in [6, 6.07) is 56.2. The normalized spacial score (nSPS) is 23.9. The van der Waals surface area contributed by atoms with Crippen LogP contribution in [0.15, 0.2) is 146 Å². The lowest BCUT2D eigenvalue weighted by Gasteiger charge is -2.61. The number of hydrogen-bond donors (Lipinski definition) is 0. The predicted molar refractivity (Wildman–Crippen MR) is 226 cm³/mol. The topological polar surface area (TPSA) is 0 Å². The molecule has 1 heterocycles. The molecular weight excluding hydrogens is 657 g/mol. The van der Waals surface area contributed by atoms with Gasteiger partial charge in [-0.15, -0.1) is 11.3 Å². The van der Waals surface area contributed by atoms with Crippen molar-refractivity contribution < 1.29 is 0 Å². The van der Waals surface area contributed by atoms with E-state index in [1.807, 2.05) is 11.3 Å². The van der Waals surface area contributed by atoms with Gasteiger partial charge in [-0.25, -0.2) is 0 Å². The molecule has 0 amide bonds. The van der Waals surface area contributed by atoms with E-state index in [-0.39, 0.29) is 5.41 Å². The van der Waals surface area contributed by atoms with Crippen molar-refractivity contribution in [1.29, 1.82) is 0 Å². The van der Waals surface area contributed by atoms with Crippen molar-refractivity contribution in [2.45, 2.75) is 37.5 Å². The van der Waals surface area contributed by atoms with Crippen molar-refractivity contribution >= 4 is 63.8 Å². The van der Waals surface area contributed by atoms with E-state index in [0.29, 0.717) is 0 Å². The van der Waals surface area contributed by atoms with Crippen LogP contribution in [0.3, 0.4) is 0 Å². The standard InChI is InChI=1S/C52H38S/c1-2-12-33-29-46-44(28-32(33)11-1)50-42(19-10-21-45(50)52(46)34-24-30-23-31(26-34)27-35(52)25-30)48-37-14-3-5-16-39(37)49(40-17-6-4-15-38(40)48)43-20-9-18-41-36-13-7-8-22-47(36)53-51(41)43/h1-22,28-31,34-35H,23-27H2. The molecule has 8 aromatic carbocycles. The van der Waals surface area contributed by atoms with Gasteiger partial charge in [-0.05, 0) is 145 Å². The van der Waals surface area contributed by atoms with Crippen molar-refractivity contribution in [2.24, 2.45) is 23.7 Å². The zero-order chi connectivity index (χ0) is 34.4. The summed E-state index contributed by atoms with van der Waals surface area (Å²) in [5, 5.41) is 10.8. The second-order valence-corrected chi connectivity index (χ2v) is 17.8. The van der Waals surface area contributed by atoms with Gasteiger partial charge in [-0.2, -0.15) is 0 Å². The van der Waals surface area contributed by atoms with E-state index in [0.717, 1.165) is 23.7 Å². The van der Waals surface area contributed by atoms with Crippen LogP contribution in [0.2, 0.25) is 0 Å². The Morgan fingerprint density at radius 2 is 0.925 bits per heavy atom. The summed E-state index contributed by atoms with van der Waals surface area (Å²) in [5.41, 5.74) is 11.9. The molecule has 5 aliphatic carbocycles. The van der Waals surface area contributed by atoms with Gasteiger partial charge in [0.1, 0.15) is 0 Å². The van der Waals surface area contributed by atoms with Crippen molar-refractivity contribution in [3.63, 3.8) is 0 Å². The summed E-state index contributed by atoms with van der Waals surface area (Å²) in [5.74, 6) is 3.30. The van der Waals surface area contributed by atoms with Gasteiger partial charge in [0, 0.05) is 31.2 Å². The van der Waals surface area contributed by atoms with Gasteiger partial charge < -0.3 is 0 Å². The number of thiophene rings is 1. The van der Waals surface area contributed by atoms with E-state index >= 15 is 0 Å². The highest BCUT2D eigenvalue weighted by Crippen LogP contribution is 2.70. The Bertz CT molecular complexity index is 2940. The molecule has 1 spiro atoms. The summed E-state index contributed by atoms with van der Waals surface area (Å²) in [7, 11) is 0. The maximum Gasteiger partial charge on any atom is 0.0434 e. The lowest BCUT2D eigenvalue weighted by Crippen LogP contribution is -2.55. The smallest absolute Gasteiger partial charge is 0.0434 e. The first-order valence-electron chi connectivity index (χ1n) is 19.8. The van der Waals surface area contributed by atoms with Crippen LogP contribution in [0, 0.1) is 23.7 Å². The van der Waals surface area contributed by atoms with Crippen LogP contribution >= 0.6 is 11.3 Å². The van der Waals surface area contributed by atoms with E-state index in [4.69, 9.17) is 0 Å². The third kappa shape index (κ3) is 3.72. The number of hydrogen-bond acceptors (Lipinski definition) is 1. The molecule has 0 atom stereocenters.